The van der Waals surface area contributed by atoms with Crippen molar-refractivity contribution in [2.24, 2.45) is 4.99 Å². The maximum atomic E-state index is 5.36. The molecule has 0 aromatic carbocycles. The highest BCUT2D eigenvalue weighted by molar-refractivity contribution is 7.99. The molecule has 0 radical (unpaired) electrons. The van der Waals surface area contributed by atoms with Crippen molar-refractivity contribution in [1.29, 1.82) is 0 Å². The Hall–Kier alpha value is -1.17. The van der Waals surface area contributed by atoms with E-state index in [1.807, 2.05) is 6.07 Å². The predicted molar refractivity (Wildman–Crippen MR) is 98.1 cm³/mol. The van der Waals surface area contributed by atoms with E-state index in [1.165, 1.54) is 25.0 Å². The van der Waals surface area contributed by atoms with Gasteiger partial charge in [0.25, 0.3) is 0 Å². The number of aliphatic imine (C=N–C) groups is 1. The third-order valence-corrected chi connectivity index (χ3v) is 5.27. The summed E-state index contributed by atoms with van der Waals surface area (Å²) in [6.45, 7) is 9.93. The predicted octanol–water partition coefficient (Wildman–Crippen LogP) is 3.53. The number of guanidine groups is 1. The summed E-state index contributed by atoms with van der Waals surface area (Å²) in [5, 5.41) is 11.8. The average molecular weight is 339 g/mol. The molecule has 2 rings (SSSR count). The first kappa shape index (κ1) is 18.2. The van der Waals surface area contributed by atoms with Gasteiger partial charge in [-0.2, -0.15) is 11.8 Å². The summed E-state index contributed by atoms with van der Waals surface area (Å²) in [7, 11) is 0. The molecule has 23 heavy (non-hydrogen) atoms. The van der Waals surface area contributed by atoms with E-state index in [4.69, 9.17) is 4.52 Å². The van der Waals surface area contributed by atoms with Crippen LogP contribution in [0.15, 0.2) is 15.6 Å². The summed E-state index contributed by atoms with van der Waals surface area (Å²) < 4.78 is 5.36. The van der Waals surface area contributed by atoms with E-state index in [-0.39, 0.29) is 0 Å². The molecule has 0 aliphatic heterocycles. The molecule has 2 unspecified atom stereocenters. The van der Waals surface area contributed by atoms with Crippen molar-refractivity contribution in [3.63, 3.8) is 0 Å². The van der Waals surface area contributed by atoms with Gasteiger partial charge in [-0.05, 0) is 37.9 Å². The average Bonchev–Trinajstić information content (AvgIpc) is 3.15. The minimum Gasteiger partial charge on any atom is -0.359 e. The van der Waals surface area contributed by atoms with Gasteiger partial charge in [0, 0.05) is 23.9 Å². The highest BCUT2D eigenvalue weighted by Gasteiger charge is 2.25. The van der Waals surface area contributed by atoms with Crippen LogP contribution in [-0.2, 0) is 6.54 Å². The van der Waals surface area contributed by atoms with E-state index in [2.05, 4.69) is 60.2 Å². The fourth-order valence-electron chi connectivity index (χ4n) is 2.80. The number of nitrogens with zero attached hydrogens (tertiary/aromatic N) is 2. The smallest absolute Gasteiger partial charge is 0.191 e. The Morgan fingerprint density at radius 1 is 1.43 bits per heavy atom. The van der Waals surface area contributed by atoms with E-state index in [0.29, 0.717) is 18.5 Å². The number of rotatable bonds is 7. The van der Waals surface area contributed by atoms with Gasteiger partial charge >= 0.3 is 0 Å². The van der Waals surface area contributed by atoms with Crippen molar-refractivity contribution in [3.05, 3.63) is 17.5 Å². The van der Waals surface area contributed by atoms with Crippen LogP contribution in [0, 0.1) is 0 Å². The minimum atomic E-state index is 0.384. The molecule has 2 atom stereocenters. The van der Waals surface area contributed by atoms with Gasteiger partial charge in [-0.25, -0.2) is 4.99 Å². The fraction of sp³-hybridized carbons (Fsp3) is 0.765. The third-order valence-electron chi connectivity index (χ3n) is 4.03. The molecule has 1 saturated carbocycles. The Kier molecular flexibility index (Phi) is 7.27. The van der Waals surface area contributed by atoms with Gasteiger partial charge in [-0.1, -0.05) is 25.9 Å². The molecule has 5 nitrogen and oxygen atoms in total. The van der Waals surface area contributed by atoms with E-state index < -0.39 is 0 Å². The lowest BCUT2D eigenvalue weighted by atomic mass is 10.1. The summed E-state index contributed by atoms with van der Waals surface area (Å²) in [6, 6.07) is 2.53. The number of nitrogens with one attached hydrogen (secondary N) is 2. The van der Waals surface area contributed by atoms with E-state index in [0.717, 1.165) is 29.2 Å². The van der Waals surface area contributed by atoms with Crippen molar-refractivity contribution in [2.45, 2.75) is 70.7 Å². The van der Waals surface area contributed by atoms with Crippen molar-refractivity contribution < 1.29 is 4.52 Å². The SMILES string of the molecule is CCNC(=NCc1cc(C(C)C)no1)NC1CCC(SCC)C1. The highest BCUT2D eigenvalue weighted by Crippen LogP contribution is 2.29. The zero-order valence-electron chi connectivity index (χ0n) is 14.8. The minimum absolute atomic E-state index is 0.384. The van der Waals surface area contributed by atoms with Crippen LogP contribution in [0.2, 0.25) is 0 Å². The van der Waals surface area contributed by atoms with Gasteiger partial charge in [-0.3, -0.25) is 0 Å². The molecule has 0 spiro atoms. The molecular formula is C17H30N4OS. The van der Waals surface area contributed by atoms with Gasteiger partial charge in [0.15, 0.2) is 11.7 Å². The molecule has 0 saturated heterocycles. The lowest BCUT2D eigenvalue weighted by Gasteiger charge is -2.17. The largest absolute Gasteiger partial charge is 0.359 e. The quantitative estimate of drug-likeness (QED) is 0.588. The lowest BCUT2D eigenvalue weighted by Crippen LogP contribution is -2.42. The Morgan fingerprint density at radius 3 is 2.91 bits per heavy atom. The standard InChI is InChI=1S/C17H30N4OS/c1-5-18-17(20-13-7-8-15(9-13)23-6-2)19-11-14-10-16(12(3)4)21-22-14/h10,12-13,15H,5-9,11H2,1-4H3,(H2,18,19,20). The van der Waals surface area contributed by atoms with Gasteiger partial charge in [-0.15, -0.1) is 0 Å². The molecule has 6 heteroatoms. The van der Waals surface area contributed by atoms with Crippen molar-refractivity contribution in [1.82, 2.24) is 15.8 Å². The first-order chi connectivity index (χ1) is 11.1. The number of thioether (sulfide) groups is 1. The summed E-state index contributed by atoms with van der Waals surface area (Å²) in [5.41, 5.74) is 0.989. The zero-order valence-corrected chi connectivity index (χ0v) is 15.6. The molecule has 1 fully saturated rings. The summed E-state index contributed by atoms with van der Waals surface area (Å²) >= 11 is 2.08. The molecule has 0 amide bonds. The van der Waals surface area contributed by atoms with Crippen molar-refractivity contribution >= 4 is 17.7 Å². The van der Waals surface area contributed by atoms with Crippen LogP contribution in [0.1, 0.15) is 64.3 Å². The van der Waals surface area contributed by atoms with Gasteiger partial charge < -0.3 is 15.2 Å². The second-order valence-corrected chi connectivity index (χ2v) is 7.88. The van der Waals surface area contributed by atoms with Crippen LogP contribution < -0.4 is 10.6 Å². The van der Waals surface area contributed by atoms with Crippen LogP contribution in [0.4, 0.5) is 0 Å². The molecule has 1 aromatic heterocycles. The fourth-order valence-corrected chi connectivity index (χ4v) is 3.95. The molecule has 1 aromatic rings. The molecule has 1 aliphatic carbocycles. The number of hydrogen-bond donors (Lipinski definition) is 2. The van der Waals surface area contributed by atoms with Crippen LogP contribution in [0.25, 0.3) is 0 Å². The Balaban J connectivity index is 1.89. The molecule has 0 bridgehead atoms. The second-order valence-electron chi connectivity index (χ2n) is 6.30. The normalized spacial score (nSPS) is 21.9. The van der Waals surface area contributed by atoms with Crippen LogP contribution in [0.3, 0.4) is 0 Å². The van der Waals surface area contributed by atoms with E-state index >= 15 is 0 Å². The van der Waals surface area contributed by atoms with Gasteiger partial charge in [0.05, 0.1) is 5.69 Å². The Morgan fingerprint density at radius 2 is 2.26 bits per heavy atom. The molecule has 130 valence electrons. The highest BCUT2D eigenvalue weighted by atomic mass is 32.2. The summed E-state index contributed by atoms with van der Waals surface area (Å²) in [6.07, 6.45) is 3.75. The first-order valence-corrected chi connectivity index (χ1v) is 9.79. The molecular weight excluding hydrogens is 308 g/mol. The van der Waals surface area contributed by atoms with Gasteiger partial charge in [0.1, 0.15) is 6.54 Å². The van der Waals surface area contributed by atoms with E-state index in [9.17, 15) is 0 Å². The van der Waals surface area contributed by atoms with Crippen LogP contribution >= 0.6 is 11.8 Å². The van der Waals surface area contributed by atoms with Gasteiger partial charge in [0.2, 0.25) is 0 Å². The Bertz CT molecular complexity index is 501. The zero-order chi connectivity index (χ0) is 16.7. The monoisotopic (exact) mass is 338 g/mol. The molecule has 1 heterocycles. The first-order valence-electron chi connectivity index (χ1n) is 8.74. The second kappa shape index (κ2) is 9.21. The van der Waals surface area contributed by atoms with Crippen molar-refractivity contribution in [3.8, 4) is 0 Å². The Labute approximate surface area is 144 Å². The summed E-state index contributed by atoms with van der Waals surface area (Å²) in [5.74, 6) is 3.28. The van der Waals surface area contributed by atoms with Crippen LogP contribution in [0.5, 0.6) is 0 Å². The molecule has 2 N–H and O–H groups in total. The maximum Gasteiger partial charge on any atom is 0.191 e. The third kappa shape index (κ3) is 5.75. The lowest BCUT2D eigenvalue weighted by molar-refractivity contribution is 0.376. The number of hydrogen-bond acceptors (Lipinski definition) is 4. The van der Waals surface area contributed by atoms with Crippen LogP contribution in [-0.4, -0.2) is 34.7 Å². The van der Waals surface area contributed by atoms with E-state index in [1.54, 1.807) is 0 Å². The topological polar surface area (TPSA) is 62.5 Å². The summed E-state index contributed by atoms with van der Waals surface area (Å²) in [4.78, 5) is 4.64. The molecule has 1 aliphatic rings. The van der Waals surface area contributed by atoms with Crippen molar-refractivity contribution in [2.75, 3.05) is 12.3 Å². The number of aromatic nitrogens is 1. The maximum absolute atomic E-state index is 5.36.